The Kier molecular flexibility index (Phi) is 6.62. The average molecular weight is 402 g/mol. The van der Waals surface area contributed by atoms with Crippen LogP contribution in [0.1, 0.15) is 6.42 Å². The molecule has 0 aromatic heterocycles. The van der Waals surface area contributed by atoms with E-state index in [1.807, 2.05) is 0 Å². The van der Waals surface area contributed by atoms with Crippen molar-refractivity contribution in [3.8, 4) is 0 Å². The molecule has 0 radical (unpaired) electrons. The van der Waals surface area contributed by atoms with Crippen molar-refractivity contribution in [2.45, 2.75) is 12.3 Å². The van der Waals surface area contributed by atoms with Gasteiger partial charge < -0.3 is 0 Å². The number of benzene rings is 3. The van der Waals surface area contributed by atoms with Gasteiger partial charge in [0.15, 0.2) is 0 Å². The number of hydrogen-bond donors (Lipinski definition) is 0. The van der Waals surface area contributed by atoms with Gasteiger partial charge in [-0.15, -0.1) is 0 Å². The molecule has 0 spiro atoms. The van der Waals surface area contributed by atoms with Crippen molar-refractivity contribution in [2.75, 3.05) is 0 Å². The van der Waals surface area contributed by atoms with Crippen LogP contribution in [0.5, 0.6) is 0 Å². The molecule has 0 atom stereocenters. The molecular formula is C24H24NiP. The van der Waals surface area contributed by atoms with Crippen LogP contribution in [0.15, 0.2) is 115 Å². The van der Waals surface area contributed by atoms with Crippen molar-refractivity contribution in [2.24, 2.45) is 0 Å². The molecule has 0 fully saturated rings. The number of hydrogen-bond acceptors (Lipinski definition) is 0. The summed E-state index contributed by atoms with van der Waals surface area (Å²) < 4.78 is 0. The topological polar surface area (TPSA) is 0 Å². The molecule has 135 valence electrons. The average Bonchev–Trinajstić information content (AvgIpc) is 3.28. The van der Waals surface area contributed by atoms with Gasteiger partial charge in [-0.05, 0) is 0 Å². The Morgan fingerprint density at radius 3 is 1.31 bits per heavy atom. The quantitative estimate of drug-likeness (QED) is 0.419. The van der Waals surface area contributed by atoms with Crippen LogP contribution in [0.4, 0.5) is 0 Å². The van der Waals surface area contributed by atoms with Crippen molar-refractivity contribution in [3.63, 3.8) is 0 Å². The predicted octanol–water partition coefficient (Wildman–Crippen LogP) is 5.14. The molecule has 3 aromatic carbocycles. The predicted molar refractivity (Wildman–Crippen MR) is 114 cm³/mol. The molecule has 0 saturated heterocycles. The zero-order chi connectivity index (χ0) is 18.2. The fourth-order valence-corrected chi connectivity index (χ4v) is 8.81. The van der Waals surface area contributed by atoms with E-state index in [1.165, 1.54) is 15.9 Å². The van der Waals surface area contributed by atoms with Gasteiger partial charge in [-0.1, -0.05) is 0 Å². The first-order valence-corrected chi connectivity index (χ1v) is 11.8. The number of rotatable bonds is 4. The minimum atomic E-state index is -2.19. The van der Waals surface area contributed by atoms with Crippen LogP contribution in [-0.4, -0.2) is 0 Å². The molecule has 0 N–H and O–H groups in total. The van der Waals surface area contributed by atoms with E-state index in [9.17, 15) is 0 Å². The zero-order valence-corrected chi connectivity index (χ0v) is 16.9. The summed E-state index contributed by atoms with van der Waals surface area (Å²) in [4.78, 5) is 0. The minimum absolute atomic E-state index is 1.05. The van der Waals surface area contributed by atoms with Crippen LogP contribution < -0.4 is 15.9 Å². The van der Waals surface area contributed by atoms with Crippen molar-refractivity contribution < 1.29 is 15.5 Å². The standard InChI is InChI=1S/C23H21P.CH3.Ni/c1-4-12-20(13-5-1)24(23-18-10-11-19-23,21-14-6-2-7-15-21)22-16-8-3-9-17-22;;/h1-18,24H,19H2;1H3;. The van der Waals surface area contributed by atoms with E-state index in [1.54, 1.807) is 11.2 Å². The molecule has 1 aliphatic carbocycles. The molecule has 0 bridgehead atoms. The molecule has 0 heterocycles. The number of allylic oxidation sites excluding steroid dienone is 4. The molecule has 3 aromatic rings. The summed E-state index contributed by atoms with van der Waals surface area (Å²) in [5.41, 5.74) is 0. The summed E-state index contributed by atoms with van der Waals surface area (Å²) in [6, 6.07) is 33.2. The first-order chi connectivity index (χ1) is 12.9. The van der Waals surface area contributed by atoms with Gasteiger partial charge in [-0.3, -0.25) is 0 Å². The van der Waals surface area contributed by atoms with E-state index >= 15 is 0 Å². The summed E-state index contributed by atoms with van der Waals surface area (Å²) in [6.45, 7) is 0. The normalized spacial score (nSPS) is 13.6. The Bertz CT molecular complexity index is 771. The van der Waals surface area contributed by atoms with Crippen molar-refractivity contribution in [3.05, 3.63) is 115 Å². The van der Waals surface area contributed by atoms with Crippen LogP contribution in [0.2, 0.25) is 5.89 Å². The molecule has 0 amide bonds. The molecule has 0 unspecified atom stereocenters. The maximum atomic E-state index is 3.88. The van der Waals surface area contributed by atoms with Gasteiger partial charge in [-0.2, -0.15) is 0 Å². The third-order valence-corrected chi connectivity index (χ3v) is 9.81. The Balaban J connectivity index is 0.000000948. The summed E-state index contributed by atoms with van der Waals surface area (Å²) >= 11 is 3.88. The van der Waals surface area contributed by atoms with Crippen LogP contribution in [0.3, 0.4) is 0 Å². The van der Waals surface area contributed by atoms with Gasteiger partial charge in [0.2, 0.25) is 0 Å². The van der Waals surface area contributed by atoms with E-state index in [4.69, 9.17) is 0 Å². The molecule has 26 heavy (non-hydrogen) atoms. The molecule has 4 rings (SSSR count). The Hall–Kier alpha value is -1.94. The van der Waals surface area contributed by atoms with Gasteiger partial charge in [0, 0.05) is 0 Å². The van der Waals surface area contributed by atoms with Gasteiger partial charge in [0.25, 0.3) is 0 Å². The van der Waals surface area contributed by atoms with Crippen LogP contribution in [-0.2, 0) is 15.5 Å². The SMILES string of the molecule is C1=CCC([PH](c2ccccc2)(c2ccccc2)c2ccccc2)=C1.[CH3][Ni]. The maximum absolute atomic E-state index is 3.88. The Labute approximate surface area is 165 Å². The van der Waals surface area contributed by atoms with E-state index < -0.39 is 7.26 Å². The molecular weight excluding hydrogens is 378 g/mol. The molecule has 0 aliphatic heterocycles. The Morgan fingerprint density at radius 1 is 0.615 bits per heavy atom. The fourth-order valence-electron chi connectivity index (χ4n) is 3.85. The van der Waals surface area contributed by atoms with E-state index in [2.05, 4.69) is 125 Å². The van der Waals surface area contributed by atoms with Crippen molar-refractivity contribution in [1.29, 1.82) is 0 Å². The van der Waals surface area contributed by atoms with Crippen molar-refractivity contribution >= 4 is 23.2 Å². The summed E-state index contributed by atoms with van der Waals surface area (Å²) in [5.74, 6) is 1.62. The molecule has 2 heteroatoms. The molecule has 0 nitrogen and oxygen atoms in total. The second kappa shape index (κ2) is 9.13. The first kappa shape index (κ1) is 18.8. The Morgan fingerprint density at radius 2 is 1.00 bits per heavy atom. The van der Waals surface area contributed by atoms with Gasteiger partial charge in [0.05, 0.1) is 0 Å². The summed E-state index contributed by atoms with van der Waals surface area (Å²) in [7, 11) is -2.19. The van der Waals surface area contributed by atoms with Crippen molar-refractivity contribution in [1.82, 2.24) is 0 Å². The molecule has 0 saturated carbocycles. The van der Waals surface area contributed by atoms with Crippen LogP contribution in [0.25, 0.3) is 0 Å². The van der Waals surface area contributed by atoms with Gasteiger partial charge in [0.1, 0.15) is 0 Å². The molecule has 1 aliphatic rings. The second-order valence-electron chi connectivity index (χ2n) is 6.17. The van der Waals surface area contributed by atoms with Crippen LogP contribution >= 0.6 is 7.26 Å². The van der Waals surface area contributed by atoms with Gasteiger partial charge in [-0.25, -0.2) is 0 Å². The first-order valence-electron chi connectivity index (χ1n) is 8.77. The summed E-state index contributed by atoms with van der Waals surface area (Å²) in [6.07, 6.45) is 7.89. The fraction of sp³-hybridized carbons (Fsp3) is 0.0833. The van der Waals surface area contributed by atoms with E-state index in [0.717, 1.165) is 6.42 Å². The van der Waals surface area contributed by atoms with E-state index in [-0.39, 0.29) is 0 Å². The monoisotopic (exact) mass is 401 g/mol. The third kappa shape index (κ3) is 3.48. The van der Waals surface area contributed by atoms with E-state index in [0.29, 0.717) is 0 Å². The second-order valence-corrected chi connectivity index (χ2v) is 10.0. The summed E-state index contributed by atoms with van der Waals surface area (Å²) in [5, 5.41) is 5.93. The zero-order valence-electron chi connectivity index (χ0n) is 14.9. The third-order valence-electron chi connectivity index (χ3n) is 4.87. The van der Waals surface area contributed by atoms with Gasteiger partial charge >= 0.3 is 165 Å². The van der Waals surface area contributed by atoms with Crippen LogP contribution in [0, 0.1) is 0 Å².